The first-order valence-electron chi connectivity index (χ1n) is 8.20. The molecule has 1 unspecified atom stereocenters. The lowest BCUT2D eigenvalue weighted by Crippen LogP contribution is -2.42. The number of hydrogen-bond donors (Lipinski definition) is 0. The third-order valence-electron chi connectivity index (χ3n) is 4.46. The molecule has 1 atom stereocenters. The number of aromatic nitrogens is 3. The van der Waals surface area contributed by atoms with E-state index in [-0.39, 0.29) is 12.0 Å². The third kappa shape index (κ3) is 3.73. The second-order valence-corrected chi connectivity index (χ2v) is 6.37. The van der Waals surface area contributed by atoms with E-state index in [0.29, 0.717) is 17.9 Å². The van der Waals surface area contributed by atoms with Crippen molar-refractivity contribution >= 4 is 18.2 Å². The summed E-state index contributed by atoms with van der Waals surface area (Å²) < 4.78 is 9.20. The number of esters is 1. The number of methoxy groups -OCH3 is 1. The zero-order valence-electron chi connectivity index (χ0n) is 13.8. The number of carbonyl (C=O) groups is 1. The van der Waals surface area contributed by atoms with Crippen molar-refractivity contribution in [3.8, 4) is 5.69 Å². The zero-order valence-corrected chi connectivity index (χ0v) is 14.6. The quantitative estimate of drug-likeness (QED) is 0.615. The Morgan fingerprint density at radius 2 is 2.12 bits per heavy atom. The van der Waals surface area contributed by atoms with Crippen LogP contribution in [0.1, 0.15) is 25.7 Å². The number of benzene rings is 1. The molecule has 0 radical (unpaired) electrons. The Morgan fingerprint density at radius 3 is 2.88 bits per heavy atom. The molecule has 2 heterocycles. The Balaban J connectivity index is 1.76. The van der Waals surface area contributed by atoms with Crippen LogP contribution in [0.5, 0.6) is 0 Å². The van der Waals surface area contributed by atoms with Gasteiger partial charge >= 0.3 is 5.97 Å². The predicted molar refractivity (Wildman–Crippen MR) is 93.4 cm³/mol. The molecule has 0 saturated carbocycles. The lowest BCUT2D eigenvalue weighted by molar-refractivity contribution is -0.142. The lowest BCUT2D eigenvalue weighted by atomic mass is 10.00. The molecule has 1 aliphatic heterocycles. The van der Waals surface area contributed by atoms with Gasteiger partial charge in [0.2, 0.25) is 4.77 Å². The molecular formula is C17H22N4O2S. The molecule has 1 aliphatic rings. The monoisotopic (exact) mass is 346 g/mol. The van der Waals surface area contributed by atoms with Crippen molar-refractivity contribution in [3.05, 3.63) is 41.4 Å². The van der Waals surface area contributed by atoms with Crippen LogP contribution >= 0.6 is 12.2 Å². The van der Waals surface area contributed by atoms with Gasteiger partial charge in [0.05, 0.1) is 20.2 Å². The van der Waals surface area contributed by atoms with E-state index < -0.39 is 0 Å². The van der Waals surface area contributed by atoms with Crippen molar-refractivity contribution < 1.29 is 9.53 Å². The summed E-state index contributed by atoms with van der Waals surface area (Å²) in [5.74, 6) is -0.162. The Kier molecular flexibility index (Phi) is 5.42. The van der Waals surface area contributed by atoms with E-state index in [2.05, 4.69) is 10.00 Å². The molecule has 0 aliphatic carbocycles. The molecule has 1 saturated heterocycles. The van der Waals surface area contributed by atoms with E-state index in [9.17, 15) is 4.79 Å². The molecule has 0 bridgehead atoms. The molecular weight excluding hydrogens is 324 g/mol. The molecule has 0 spiro atoms. The van der Waals surface area contributed by atoms with Gasteiger partial charge in [0.25, 0.3) is 0 Å². The van der Waals surface area contributed by atoms with Crippen molar-refractivity contribution in [2.75, 3.05) is 13.7 Å². The van der Waals surface area contributed by atoms with Gasteiger partial charge in [0, 0.05) is 18.3 Å². The number of piperidine rings is 1. The fourth-order valence-electron chi connectivity index (χ4n) is 3.12. The highest BCUT2D eigenvalue weighted by Gasteiger charge is 2.25. The van der Waals surface area contributed by atoms with Crippen molar-refractivity contribution in [1.29, 1.82) is 0 Å². The van der Waals surface area contributed by atoms with Crippen molar-refractivity contribution in [3.63, 3.8) is 0 Å². The van der Waals surface area contributed by atoms with Crippen LogP contribution in [0.25, 0.3) is 5.69 Å². The smallest absolute Gasteiger partial charge is 0.307 e. The van der Waals surface area contributed by atoms with Crippen molar-refractivity contribution in [2.45, 2.75) is 38.4 Å². The highest BCUT2D eigenvalue weighted by atomic mass is 32.1. The number of likely N-dealkylation sites (tertiary alicyclic amines) is 1. The number of ether oxygens (including phenoxy) is 1. The summed E-state index contributed by atoms with van der Waals surface area (Å²) in [7, 11) is 1.44. The minimum Gasteiger partial charge on any atom is -0.469 e. The minimum atomic E-state index is -0.162. The fraction of sp³-hybridized carbons (Fsp3) is 0.471. The Morgan fingerprint density at radius 1 is 1.33 bits per heavy atom. The Labute approximate surface area is 146 Å². The molecule has 0 N–H and O–H groups in total. The first-order valence-corrected chi connectivity index (χ1v) is 8.60. The number of nitrogens with zero attached hydrogens (tertiary/aromatic N) is 4. The van der Waals surface area contributed by atoms with Gasteiger partial charge in [0.1, 0.15) is 6.33 Å². The fourth-order valence-corrected chi connectivity index (χ4v) is 3.38. The van der Waals surface area contributed by atoms with Crippen LogP contribution in [0.2, 0.25) is 0 Å². The molecule has 7 heteroatoms. The molecule has 3 rings (SSSR count). The molecule has 24 heavy (non-hydrogen) atoms. The van der Waals surface area contributed by atoms with E-state index in [1.165, 1.54) is 7.11 Å². The number of para-hydroxylation sites is 1. The summed E-state index contributed by atoms with van der Waals surface area (Å²) in [4.78, 5) is 13.9. The Bertz CT molecular complexity index is 741. The topological polar surface area (TPSA) is 52.3 Å². The second-order valence-electron chi connectivity index (χ2n) is 6.00. The molecule has 128 valence electrons. The molecule has 1 fully saturated rings. The van der Waals surface area contributed by atoms with E-state index in [0.717, 1.165) is 31.5 Å². The van der Waals surface area contributed by atoms with E-state index >= 15 is 0 Å². The maximum atomic E-state index is 11.6. The van der Waals surface area contributed by atoms with E-state index in [4.69, 9.17) is 17.0 Å². The molecule has 1 aromatic heterocycles. The molecule has 1 aromatic carbocycles. The number of carbonyl (C=O) groups excluding carboxylic acids is 1. The van der Waals surface area contributed by atoms with Gasteiger partial charge in [-0.05, 0) is 37.2 Å². The first-order chi connectivity index (χ1) is 11.7. The average Bonchev–Trinajstić information content (AvgIpc) is 2.98. The van der Waals surface area contributed by atoms with Crippen LogP contribution in [-0.4, -0.2) is 44.9 Å². The zero-order chi connectivity index (χ0) is 16.9. The number of rotatable bonds is 5. The van der Waals surface area contributed by atoms with Gasteiger partial charge in [-0.15, -0.1) is 0 Å². The number of hydrogen-bond acceptors (Lipinski definition) is 5. The molecule has 2 aromatic rings. The summed E-state index contributed by atoms with van der Waals surface area (Å²) in [6.45, 7) is 1.54. The summed E-state index contributed by atoms with van der Waals surface area (Å²) >= 11 is 5.57. The van der Waals surface area contributed by atoms with Crippen LogP contribution in [0.15, 0.2) is 36.7 Å². The highest BCUT2D eigenvalue weighted by Crippen LogP contribution is 2.21. The summed E-state index contributed by atoms with van der Waals surface area (Å²) in [6.07, 6.45) is 5.44. The predicted octanol–water partition coefficient (Wildman–Crippen LogP) is 2.78. The van der Waals surface area contributed by atoms with Gasteiger partial charge in [-0.3, -0.25) is 14.3 Å². The average molecular weight is 346 g/mol. The standard InChI is InChI=1S/C17H22N4O2S/c1-23-16(22)11-15-9-5-6-10-19(15)13-21-17(24)20(12-18-21)14-7-3-2-4-8-14/h2-4,7-8,12,15H,5-6,9-11,13H2,1H3. The second kappa shape index (κ2) is 7.72. The van der Waals surface area contributed by atoms with Gasteiger partial charge in [0.15, 0.2) is 0 Å². The van der Waals surface area contributed by atoms with Gasteiger partial charge in [-0.2, -0.15) is 5.10 Å². The van der Waals surface area contributed by atoms with Crippen molar-refractivity contribution in [2.24, 2.45) is 0 Å². The van der Waals surface area contributed by atoms with E-state index in [1.807, 2.05) is 39.6 Å². The van der Waals surface area contributed by atoms with Gasteiger partial charge in [-0.25, -0.2) is 4.68 Å². The van der Waals surface area contributed by atoms with Crippen molar-refractivity contribution in [1.82, 2.24) is 19.2 Å². The largest absolute Gasteiger partial charge is 0.469 e. The van der Waals surface area contributed by atoms with Crippen LogP contribution in [0.3, 0.4) is 0 Å². The van der Waals surface area contributed by atoms with Crippen LogP contribution in [0.4, 0.5) is 0 Å². The maximum absolute atomic E-state index is 11.6. The maximum Gasteiger partial charge on any atom is 0.307 e. The van der Waals surface area contributed by atoms with Crippen LogP contribution < -0.4 is 0 Å². The lowest BCUT2D eigenvalue weighted by Gasteiger charge is -2.34. The summed E-state index contributed by atoms with van der Waals surface area (Å²) in [6, 6.07) is 10.1. The van der Waals surface area contributed by atoms with Gasteiger partial charge in [-0.1, -0.05) is 24.6 Å². The third-order valence-corrected chi connectivity index (χ3v) is 4.87. The van der Waals surface area contributed by atoms with Gasteiger partial charge < -0.3 is 4.74 Å². The molecule has 6 nitrogen and oxygen atoms in total. The SMILES string of the molecule is COC(=O)CC1CCCCN1Cn1ncn(-c2ccccc2)c1=S. The van der Waals surface area contributed by atoms with Crippen LogP contribution in [0, 0.1) is 4.77 Å². The first kappa shape index (κ1) is 16.9. The minimum absolute atomic E-state index is 0.162. The van der Waals surface area contributed by atoms with Crippen LogP contribution in [-0.2, 0) is 16.2 Å². The highest BCUT2D eigenvalue weighted by molar-refractivity contribution is 7.71. The Hall–Kier alpha value is -1.99. The summed E-state index contributed by atoms with van der Waals surface area (Å²) in [5.41, 5.74) is 0.999. The summed E-state index contributed by atoms with van der Waals surface area (Å²) in [5, 5.41) is 4.44. The normalized spacial score (nSPS) is 18.5. The van der Waals surface area contributed by atoms with E-state index in [1.54, 1.807) is 6.33 Å². The molecule has 0 amide bonds.